The van der Waals surface area contributed by atoms with Gasteiger partial charge in [-0.3, -0.25) is 0 Å². The fraction of sp³-hybridized carbons (Fsp3) is 0.778. The van der Waals surface area contributed by atoms with Crippen LogP contribution in [0.3, 0.4) is 0 Å². The van der Waals surface area contributed by atoms with E-state index in [1.54, 1.807) is 0 Å². The summed E-state index contributed by atoms with van der Waals surface area (Å²) in [6.45, 7) is 12.5. The molecule has 0 unspecified atom stereocenters. The quantitative estimate of drug-likeness (QED) is 0.566. The fourth-order valence-corrected chi connectivity index (χ4v) is 0. The lowest BCUT2D eigenvalue weighted by molar-refractivity contribution is -0.0987. The first kappa shape index (κ1) is 88.2. The van der Waals surface area contributed by atoms with Crippen molar-refractivity contribution in [1.82, 2.24) is 12.3 Å². The maximum atomic E-state index is 8.00. The van der Waals surface area contributed by atoms with Crippen LogP contribution in [0.15, 0.2) is 0 Å². The summed E-state index contributed by atoms with van der Waals surface area (Å²) in [6, 6.07) is 0. The molecule has 0 bridgehead atoms. The molecule has 6 heteroatoms. The van der Waals surface area contributed by atoms with Gasteiger partial charge in [0.15, 0.2) is 0 Å². The molecule has 0 aromatic heterocycles. The Hall–Kier alpha value is -0.563. The second kappa shape index (κ2) is 10900. The van der Waals surface area contributed by atoms with E-state index in [2.05, 4.69) is 13.1 Å². The molecular weight excluding hydrogens is 212 g/mol. The largest absolute Gasteiger partial charge is 0.400 e. The number of rotatable bonds is 0. The molecule has 0 amide bonds. The van der Waals surface area contributed by atoms with E-state index >= 15 is 0 Å². The lowest BCUT2D eigenvalue weighted by atomic mass is 11.0. The summed E-state index contributed by atoms with van der Waals surface area (Å²) in [5.74, 6) is 0. The highest BCUT2D eigenvalue weighted by atomic mass is 28.2. The van der Waals surface area contributed by atoms with Crippen LogP contribution in [-0.2, 0) is 9.59 Å². The topological polar surface area (TPSA) is 124 Å². The first-order valence-corrected chi connectivity index (χ1v) is 6.27. The Balaban J connectivity index is -0.00000000407. The summed E-state index contributed by atoms with van der Waals surface area (Å²) < 4.78 is 0. The second-order valence-electron chi connectivity index (χ2n) is 0.707. The maximum Gasteiger partial charge on any atom is 0.106 e. The van der Waals surface area contributed by atoms with Crippen molar-refractivity contribution in [2.75, 3.05) is 7.11 Å². The molecule has 104 valence electrons. The third kappa shape index (κ3) is 5540. The van der Waals surface area contributed by atoms with Gasteiger partial charge in [0, 0.05) is 16.6 Å². The molecule has 0 aliphatic rings. The molecule has 0 aromatic rings. The minimum absolute atomic E-state index is 0. The Bertz CT molecular complexity index is 30.8. The Kier molecular flexibility index (Phi) is 64000. The lowest BCUT2D eigenvalue weighted by Gasteiger charge is -1.45. The zero-order chi connectivity index (χ0) is 10.7. The number of aliphatic hydroxyl groups is 1. The van der Waals surface area contributed by atoms with Gasteiger partial charge in [0.05, 0.1) is 0 Å². The van der Waals surface area contributed by atoms with Crippen LogP contribution < -0.4 is 12.3 Å². The van der Waals surface area contributed by atoms with Crippen LogP contribution in [0.25, 0.3) is 0 Å². The molecule has 0 aliphatic heterocycles. The Morgan fingerprint density at radius 1 is 0.800 bits per heavy atom. The molecule has 0 spiro atoms. The SMILES string of the molecule is C.C.C=O.C=O.CC.CO.C[SiH2]C.N.N. The molecule has 5 nitrogen and oxygen atoms in total. The number of carbonyl (C=O) groups is 2. The molecule has 0 rings (SSSR count). The van der Waals surface area contributed by atoms with E-state index in [4.69, 9.17) is 14.7 Å². The van der Waals surface area contributed by atoms with Gasteiger partial charge >= 0.3 is 0 Å². The van der Waals surface area contributed by atoms with Crippen molar-refractivity contribution in [3.63, 3.8) is 0 Å². The minimum atomic E-state index is 0. The highest BCUT2D eigenvalue weighted by molar-refractivity contribution is 6.31. The summed E-state index contributed by atoms with van der Waals surface area (Å²) in [7, 11) is 1.42. The zero-order valence-electron chi connectivity index (χ0n) is 9.80. The van der Waals surface area contributed by atoms with Crippen molar-refractivity contribution in [3.05, 3.63) is 0 Å². The summed E-state index contributed by atoms with van der Waals surface area (Å²) in [6.07, 6.45) is 0. The van der Waals surface area contributed by atoms with Gasteiger partial charge in [0.2, 0.25) is 0 Å². The standard InChI is InChI=1S/C2H8Si.C2H6.CH4O.2CH2O.2CH4.2H3N/c1-3-2;4*1-2;;;;/h3H2,1-2H3;1-2H3;2H,1H3;2*1H2;2*1H4;2*1H3. The third-order valence-corrected chi connectivity index (χ3v) is 0. The third-order valence-electron chi connectivity index (χ3n) is 0. The van der Waals surface area contributed by atoms with Gasteiger partial charge in [0.1, 0.15) is 13.6 Å². The van der Waals surface area contributed by atoms with Gasteiger partial charge in [-0.25, -0.2) is 0 Å². The molecule has 0 radical (unpaired) electrons. The van der Waals surface area contributed by atoms with Crippen molar-refractivity contribution < 1.29 is 14.7 Å². The molecule has 0 heterocycles. The van der Waals surface area contributed by atoms with Gasteiger partial charge < -0.3 is 27.0 Å². The Labute approximate surface area is 99.7 Å². The number of hydrogen-bond acceptors (Lipinski definition) is 5. The van der Waals surface area contributed by atoms with Gasteiger partial charge in [-0.15, -0.1) is 0 Å². The van der Waals surface area contributed by atoms with Crippen molar-refractivity contribution in [2.24, 2.45) is 0 Å². The van der Waals surface area contributed by atoms with Gasteiger partial charge in [-0.2, -0.15) is 0 Å². The normalized spacial score (nSPS) is 2.53. The maximum absolute atomic E-state index is 8.00. The lowest BCUT2D eigenvalue weighted by Crippen LogP contribution is -1.53. The summed E-state index contributed by atoms with van der Waals surface area (Å²) in [4.78, 5) is 16.0. The Morgan fingerprint density at radius 2 is 0.800 bits per heavy atom. The van der Waals surface area contributed by atoms with Crippen LogP contribution in [-0.4, -0.2) is 35.3 Å². The average molecular weight is 248 g/mol. The van der Waals surface area contributed by atoms with Crippen LogP contribution in [0.4, 0.5) is 0 Å². The highest BCUT2D eigenvalue weighted by Crippen LogP contribution is 1.36. The predicted octanol–water partition coefficient (Wildman–Crippen LogP) is 2.11. The molecular formula is C9H36N2O3Si. The minimum Gasteiger partial charge on any atom is -0.400 e. The van der Waals surface area contributed by atoms with E-state index in [-0.39, 0.29) is 27.2 Å². The smallest absolute Gasteiger partial charge is 0.106 e. The highest BCUT2D eigenvalue weighted by Gasteiger charge is 1.38. The fourth-order valence-electron chi connectivity index (χ4n) is 0. The first-order chi connectivity index (χ1) is 5.41. The number of carbonyl (C=O) groups excluding carboxylic acids is 2. The monoisotopic (exact) mass is 248 g/mol. The molecule has 15 heavy (non-hydrogen) atoms. The molecule has 0 aromatic carbocycles. The molecule has 0 saturated carbocycles. The number of aliphatic hydroxyl groups excluding tert-OH is 1. The first-order valence-electron chi connectivity index (χ1n) is 3.44. The van der Waals surface area contributed by atoms with E-state index in [9.17, 15) is 0 Å². The predicted molar refractivity (Wildman–Crippen MR) is 77.5 cm³/mol. The molecule has 7 N–H and O–H groups in total. The Morgan fingerprint density at radius 3 is 0.800 bits per heavy atom. The van der Waals surface area contributed by atoms with E-state index in [1.165, 1.54) is 0 Å². The summed E-state index contributed by atoms with van der Waals surface area (Å²) in [5, 5.41) is 7.00. The summed E-state index contributed by atoms with van der Waals surface area (Å²) >= 11 is 0. The zero-order valence-corrected chi connectivity index (χ0v) is 11.2. The van der Waals surface area contributed by atoms with Crippen LogP contribution in [0.1, 0.15) is 28.7 Å². The number of hydrogen-bond donors (Lipinski definition) is 3. The molecule has 0 aliphatic carbocycles. The van der Waals surface area contributed by atoms with E-state index in [0.717, 1.165) is 7.11 Å². The van der Waals surface area contributed by atoms with Crippen LogP contribution in [0.5, 0.6) is 0 Å². The van der Waals surface area contributed by atoms with Crippen molar-refractivity contribution in [3.8, 4) is 0 Å². The van der Waals surface area contributed by atoms with E-state index < -0.39 is 0 Å². The molecule has 0 saturated heterocycles. The van der Waals surface area contributed by atoms with Crippen LogP contribution in [0.2, 0.25) is 13.1 Å². The van der Waals surface area contributed by atoms with Crippen molar-refractivity contribution in [2.45, 2.75) is 41.8 Å². The summed E-state index contributed by atoms with van der Waals surface area (Å²) in [5.41, 5.74) is 0. The second-order valence-corrected chi connectivity index (χ2v) is 2.12. The van der Waals surface area contributed by atoms with E-state index in [0.29, 0.717) is 9.52 Å². The molecule has 0 fully saturated rings. The van der Waals surface area contributed by atoms with Crippen molar-refractivity contribution >= 4 is 23.1 Å². The van der Waals surface area contributed by atoms with Gasteiger partial charge in [0.25, 0.3) is 0 Å². The molecule has 0 atom stereocenters. The van der Waals surface area contributed by atoms with Gasteiger partial charge in [-0.1, -0.05) is 41.8 Å². The van der Waals surface area contributed by atoms with Crippen molar-refractivity contribution in [1.29, 1.82) is 0 Å². The van der Waals surface area contributed by atoms with Gasteiger partial charge in [-0.05, 0) is 0 Å². The van der Waals surface area contributed by atoms with Crippen LogP contribution in [0, 0.1) is 0 Å². The van der Waals surface area contributed by atoms with E-state index in [1.807, 2.05) is 27.4 Å². The van der Waals surface area contributed by atoms with Crippen LogP contribution >= 0.6 is 0 Å². The average Bonchev–Trinajstić information content (AvgIpc) is 2.18.